The molecular weight excluding hydrogens is 222 g/mol. The van der Waals surface area contributed by atoms with E-state index >= 15 is 0 Å². The van der Waals surface area contributed by atoms with Gasteiger partial charge >= 0.3 is 0 Å². The van der Waals surface area contributed by atoms with Crippen molar-refractivity contribution in [2.45, 2.75) is 6.04 Å². The van der Waals surface area contributed by atoms with Gasteiger partial charge in [0.15, 0.2) is 0 Å². The summed E-state index contributed by atoms with van der Waals surface area (Å²) in [6.45, 7) is 0. The summed E-state index contributed by atoms with van der Waals surface area (Å²) in [5, 5.41) is 0. The number of nitrogens with zero attached hydrogens (tertiary/aromatic N) is 2. The van der Waals surface area contributed by atoms with Gasteiger partial charge in [-0.3, -0.25) is 0 Å². The van der Waals surface area contributed by atoms with Crippen molar-refractivity contribution in [2.24, 2.45) is 12.8 Å². The van der Waals surface area contributed by atoms with Gasteiger partial charge in [0.2, 0.25) is 0 Å². The zero-order valence-corrected chi connectivity index (χ0v) is 10.2. The quantitative estimate of drug-likeness (QED) is 0.744. The molecule has 0 amide bonds. The summed E-state index contributed by atoms with van der Waals surface area (Å²) >= 11 is 0. The number of aromatic nitrogens is 2. The highest BCUT2D eigenvalue weighted by Crippen LogP contribution is 2.22. The second-order valence-corrected chi connectivity index (χ2v) is 4.41. The number of nitrogens with two attached hydrogens (primary N) is 1. The molecule has 18 heavy (non-hydrogen) atoms. The van der Waals surface area contributed by atoms with E-state index in [-0.39, 0.29) is 6.04 Å². The number of hydrogen-bond donors (Lipinski definition) is 1. The number of para-hydroxylation sites is 2. The van der Waals surface area contributed by atoms with Crippen LogP contribution in [0.4, 0.5) is 0 Å². The molecule has 0 radical (unpaired) electrons. The van der Waals surface area contributed by atoms with E-state index in [1.54, 1.807) is 0 Å². The smallest absolute Gasteiger partial charge is 0.131 e. The van der Waals surface area contributed by atoms with Crippen LogP contribution in [-0.2, 0) is 7.05 Å². The van der Waals surface area contributed by atoms with E-state index in [2.05, 4.69) is 15.6 Å². The third kappa shape index (κ3) is 1.69. The molecule has 0 aliphatic rings. The minimum absolute atomic E-state index is 0.191. The average Bonchev–Trinajstić information content (AvgIpc) is 2.77. The van der Waals surface area contributed by atoms with Crippen molar-refractivity contribution in [2.75, 3.05) is 0 Å². The largest absolute Gasteiger partial charge is 0.330 e. The van der Waals surface area contributed by atoms with E-state index < -0.39 is 0 Å². The lowest BCUT2D eigenvalue weighted by atomic mass is 10.1. The molecule has 0 aliphatic heterocycles. The van der Waals surface area contributed by atoms with Gasteiger partial charge in [-0.05, 0) is 17.7 Å². The summed E-state index contributed by atoms with van der Waals surface area (Å²) in [6.07, 6.45) is 0. The molecule has 1 atom stereocenters. The summed E-state index contributed by atoms with van der Waals surface area (Å²) in [5.74, 6) is 0.891. The third-order valence-corrected chi connectivity index (χ3v) is 3.26. The maximum atomic E-state index is 6.30. The van der Waals surface area contributed by atoms with Crippen molar-refractivity contribution in [3.05, 3.63) is 66.0 Å². The van der Waals surface area contributed by atoms with E-state index in [1.165, 1.54) is 0 Å². The summed E-state index contributed by atoms with van der Waals surface area (Å²) in [7, 11) is 2.01. The lowest BCUT2D eigenvalue weighted by Gasteiger charge is -2.11. The normalized spacial score (nSPS) is 12.8. The summed E-state index contributed by atoms with van der Waals surface area (Å²) < 4.78 is 2.06. The van der Waals surface area contributed by atoms with Crippen LogP contribution in [0.1, 0.15) is 17.4 Å². The summed E-state index contributed by atoms with van der Waals surface area (Å²) in [6, 6.07) is 17.9. The molecule has 0 aliphatic carbocycles. The van der Waals surface area contributed by atoms with Crippen LogP contribution < -0.4 is 5.73 Å². The summed E-state index contributed by atoms with van der Waals surface area (Å²) in [5.41, 5.74) is 9.47. The molecule has 3 heteroatoms. The molecule has 3 rings (SSSR count). The average molecular weight is 237 g/mol. The van der Waals surface area contributed by atoms with Crippen LogP contribution in [0.25, 0.3) is 11.0 Å². The standard InChI is InChI=1S/C15H15N3/c1-18-13-10-6-5-9-12(13)17-15(18)14(16)11-7-3-2-4-8-11/h2-10,14H,16H2,1H3/t14-/m0/s1. The van der Waals surface area contributed by atoms with Gasteiger partial charge in [0.1, 0.15) is 5.82 Å². The van der Waals surface area contributed by atoms with Gasteiger partial charge in [0.25, 0.3) is 0 Å². The Bertz CT molecular complexity index is 671. The summed E-state index contributed by atoms with van der Waals surface area (Å²) in [4.78, 5) is 4.63. The van der Waals surface area contributed by atoms with Crippen LogP contribution in [0, 0.1) is 0 Å². The van der Waals surface area contributed by atoms with E-state index in [0.717, 1.165) is 22.4 Å². The number of hydrogen-bond acceptors (Lipinski definition) is 2. The molecule has 0 spiro atoms. The van der Waals surface area contributed by atoms with Crippen molar-refractivity contribution in [1.29, 1.82) is 0 Å². The molecule has 2 aromatic carbocycles. The first-order valence-corrected chi connectivity index (χ1v) is 5.99. The van der Waals surface area contributed by atoms with Gasteiger partial charge in [-0.1, -0.05) is 42.5 Å². The van der Waals surface area contributed by atoms with Crippen LogP contribution in [0.2, 0.25) is 0 Å². The van der Waals surface area contributed by atoms with Crippen LogP contribution in [0.5, 0.6) is 0 Å². The number of imidazole rings is 1. The van der Waals surface area contributed by atoms with Crippen molar-refractivity contribution in [3.8, 4) is 0 Å². The van der Waals surface area contributed by atoms with Crippen molar-refractivity contribution in [1.82, 2.24) is 9.55 Å². The topological polar surface area (TPSA) is 43.8 Å². The maximum Gasteiger partial charge on any atom is 0.131 e. The highest BCUT2D eigenvalue weighted by molar-refractivity contribution is 5.76. The Labute approximate surface area is 106 Å². The van der Waals surface area contributed by atoms with Gasteiger partial charge in [-0.2, -0.15) is 0 Å². The molecule has 0 saturated heterocycles. The predicted octanol–water partition coefficient (Wildman–Crippen LogP) is 2.62. The molecule has 0 saturated carbocycles. The SMILES string of the molecule is Cn1c([C@@H](N)c2ccccc2)nc2ccccc21. The van der Waals surface area contributed by atoms with Gasteiger partial charge in [-0.15, -0.1) is 0 Å². The molecule has 3 aromatic rings. The number of rotatable bonds is 2. The van der Waals surface area contributed by atoms with E-state index in [0.29, 0.717) is 0 Å². The fraction of sp³-hybridized carbons (Fsp3) is 0.133. The first-order chi connectivity index (χ1) is 8.77. The molecule has 3 nitrogen and oxygen atoms in total. The van der Waals surface area contributed by atoms with Gasteiger partial charge in [0.05, 0.1) is 17.1 Å². The first kappa shape index (κ1) is 11.0. The van der Waals surface area contributed by atoms with E-state index in [1.807, 2.05) is 55.6 Å². The van der Waals surface area contributed by atoms with Crippen LogP contribution in [-0.4, -0.2) is 9.55 Å². The van der Waals surface area contributed by atoms with Crippen molar-refractivity contribution >= 4 is 11.0 Å². The minimum Gasteiger partial charge on any atom is -0.330 e. The second kappa shape index (κ2) is 4.27. The molecular formula is C15H15N3. The van der Waals surface area contributed by atoms with Crippen molar-refractivity contribution < 1.29 is 0 Å². The Kier molecular flexibility index (Phi) is 2.61. The Morgan fingerprint density at radius 1 is 1.00 bits per heavy atom. The molecule has 1 aromatic heterocycles. The molecule has 1 heterocycles. The Morgan fingerprint density at radius 2 is 1.67 bits per heavy atom. The lowest BCUT2D eigenvalue weighted by Crippen LogP contribution is -2.16. The number of benzene rings is 2. The first-order valence-electron chi connectivity index (χ1n) is 5.99. The predicted molar refractivity (Wildman–Crippen MR) is 73.2 cm³/mol. The van der Waals surface area contributed by atoms with Crippen LogP contribution in [0.15, 0.2) is 54.6 Å². The fourth-order valence-electron chi connectivity index (χ4n) is 2.25. The van der Waals surface area contributed by atoms with Crippen LogP contribution >= 0.6 is 0 Å². The molecule has 0 unspecified atom stereocenters. The lowest BCUT2D eigenvalue weighted by molar-refractivity contribution is 0.728. The minimum atomic E-state index is -0.191. The molecule has 90 valence electrons. The van der Waals surface area contributed by atoms with E-state index in [9.17, 15) is 0 Å². The maximum absolute atomic E-state index is 6.30. The van der Waals surface area contributed by atoms with Gasteiger partial charge in [0, 0.05) is 7.05 Å². The Morgan fingerprint density at radius 3 is 2.39 bits per heavy atom. The van der Waals surface area contributed by atoms with Crippen LogP contribution in [0.3, 0.4) is 0 Å². The molecule has 2 N–H and O–H groups in total. The van der Waals surface area contributed by atoms with Crippen molar-refractivity contribution in [3.63, 3.8) is 0 Å². The zero-order chi connectivity index (χ0) is 12.5. The van der Waals surface area contributed by atoms with Gasteiger partial charge in [-0.25, -0.2) is 4.98 Å². The zero-order valence-electron chi connectivity index (χ0n) is 10.2. The monoisotopic (exact) mass is 237 g/mol. The van der Waals surface area contributed by atoms with Gasteiger partial charge < -0.3 is 10.3 Å². The molecule has 0 bridgehead atoms. The Balaban J connectivity index is 2.12. The number of fused-ring (bicyclic) bond motifs is 1. The number of aryl methyl sites for hydroxylation is 1. The molecule has 0 fully saturated rings. The van der Waals surface area contributed by atoms with E-state index in [4.69, 9.17) is 5.73 Å². The fourth-order valence-corrected chi connectivity index (χ4v) is 2.25. The highest BCUT2D eigenvalue weighted by Gasteiger charge is 2.15. The third-order valence-electron chi connectivity index (χ3n) is 3.26. The Hall–Kier alpha value is -2.13. The highest BCUT2D eigenvalue weighted by atomic mass is 15.1. The second-order valence-electron chi connectivity index (χ2n) is 4.41.